The lowest BCUT2D eigenvalue weighted by Gasteiger charge is -2.33. The number of carbonyl (C=O) groups excluding carboxylic acids is 1. The number of amides is 1. The Morgan fingerprint density at radius 1 is 1.17 bits per heavy atom. The van der Waals surface area contributed by atoms with Crippen LogP contribution in [0.5, 0.6) is 0 Å². The summed E-state index contributed by atoms with van der Waals surface area (Å²) in [6, 6.07) is 5.23. The van der Waals surface area contributed by atoms with E-state index in [1.54, 1.807) is 19.1 Å². The van der Waals surface area contributed by atoms with Crippen LogP contribution in [-0.2, 0) is 19.7 Å². The van der Waals surface area contributed by atoms with Gasteiger partial charge < -0.3 is 0 Å². The van der Waals surface area contributed by atoms with Crippen molar-refractivity contribution in [2.24, 2.45) is 0 Å². The standard InChI is InChI=1S/C14H20N2O5S2/c1-15(2)16(12-8-9-23(20,21)10-12)14(17)11-4-6-13(7-5-11)22(3,18)19/h4-7,12H,8-10H2,1-3H3/t12-/m1/s1. The molecule has 0 bridgehead atoms. The molecule has 9 heteroatoms. The monoisotopic (exact) mass is 360 g/mol. The molecule has 0 unspecified atom stereocenters. The van der Waals surface area contributed by atoms with Gasteiger partial charge in [0.05, 0.1) is 22.4 Å². The molecule has 0 spiro atoms. The van der Waals surface area contributed by atoms with E-state index in [4.69, 9.17) is 0 Å². The molecule has 0 aliphatic carbocycles. The predicted octanol–water partition coefficient (Wildman–Crippen LogP) is 0.196. The predicted molar refractivity (Wildman–Crippen MR) is 86.5 cm³/mol. The Bertz CT molecular complexity index is 798. The van der Waals surface area contributed by atoms with Gasteiger partial charge in [-0.15, -0.1) is 0 Å². The third kappa shape index (κ3) is 4.10. The molecule has 7 nitrogen and oxygen atoms in total. The summed E-state index contributed by atoms with van der Waals surface area (Å²) in [5.74, 6) is -0.335. The number of hydrazine groups is 1. The first-order chi connectivity index (χ1) is 10.5. The van der Waals surface area contributed by atoms with Crippen molar-refractivity contribution in [2.45, 2.75) is 17.4 Å². The molecule has 1 fully saturated rings. The molecule has 1 heterocycles. The lowest BCUT2D eigenvalue weighted by atomic mass is 10.1. The van der Waals surface area contributed by atoms with Crippen LogP contribution in [0.15, 0.2) is 29.2 Å². The van der Waals surface area contributed by atoms with Crippen molar-refractivity contribution in [1.29, 1.82) is 0 Å². The Kier molecular flexibility index (Phi) is 4.84. The number of hydrogen-bond acceptors (Lipinski definition) is 6. The first-order valence-corrected chi connectivity index (χ1v) is 10.7. The van der Waals surface area contributed by atoms with Gasteiger partial charge in [-0.25, -0.2) is 21.8 Å². The highest BCUT2D eigenvalue weighted by atomic mass is 32.2. The lowest BCUT2D eigenvalue weighted by Crippen LogP contribution is -2.49. The van der Waals surface area contributed by atoms with Crippen molar-refractivity contribution in [3.05, 3.63) is 29.8 Å². The normalized spacial score (nSPS) is 20.6. The number of sulfone groups is 2. The van der Waals surface area contributed by atoms with Crippen LogP contribution in [0.1, 0.15) is 16.8 Å². The summed E-state index contributed by atoms with van der Waals surface area (Å²) in [4.78, 5) is 12.8. The SMILES string of the molecule is CN(C)N(C(=O)c1ccc(S(C)(=O)=O)cc1)[C@@H]1CCS(=O)(=O)C1. The maximum absolute atomic E-state index is 12.7. The molecule has 1 aromatic carbocycles. The van der Waals surface area contributed by atoms with Gasteiger partial charge in [0.25, 0.3) is 5.91 Å². The second-order valence-electron chi connectivity index (χ2n) is 5.85. The fourth-order valence-electron chi connectivity index (χ4n) is 2.62. The molecule has 1 aromatic rings. The second kappa shape index (κ2) is 6.21. The van der Waals surface area contributed by atoms with E-state index in [0.717, 1.165) is 6.26 Å². The van der Waals surface area contributed by atoms with Gasteiger partial charge in [0.15, 0.2) is 19.7 Å². The molecule has 1 amide bonds. The van der Waals surface area contributed by atoms with Gasteiger partial charge in [-0.1, -0.05) is 0 Å². The molecule has 1 aliphatic heterocycles. The van der Waals surface area contributed by atoms with Crippen molar-refractivity contribution in [1.82, 2.24) is 10.0 Å². The molecule has 0 saturated carbocycles. The van der Waals surface area contributed by atoms with Gasteiger partial charge in [0, 0.05) is 25.9 Å². The van der Waals surface area contributed by atoms with Gasteiger partial charge in [0.1, 0.15) is 0 Å². The molecule has 0 N–H and O–H groups in total. The summed E-state index contributed by atoms with van der Waals surface area (Å²) in [7, 11) is -3.09. The van der Waals surface area contributed by atoms with Crippen LogP contribution < -0.4 is 0 Å². The van der Waals surface area contributed by atoms with Crippen LogP contribution in [0, 0.1) is 0 Å². The molecule has 23 heavy (non-hydrogen) atoms. The number of benzene rings is 1. The van der Waals surface area contributed by atoms with E-state index in [1.165, 1.54) is 29.3 Å². The van der Waals surface area contributed by atoms with E-state index in [9.17, 15) is 21.6 Å². The Hall–Kier alpha value is -1.45. The van der Waals surface area contributed by atoms with E-state index < -0.39 is 25.7 Å². The van der Waals surface area contributed by atoms with Gasteiger partial charge >= 0.3 is 0 Å². The van der Waals surface area contributed by atoms with Gasteiger partial charge in [-0.05, 0) is 30.7 Å². The molecule has 128 valence electrons. The van der Waals surface area contributed by atoms with Crippen molar-refractivity contribution < 1.29 is 21.6 Å². The Morgan fingerprint density at radius 2 is 1.74 bits per heavy atom. The molecule has 0 radical (unpaired) electrons. The van der Waals surface area contributed by atoms with Crippen LogP contribution >= 0.6 is 0 Å². The maximum Gasteiger partial charge on any atom is 0.268 e. The second-order valence-corrected chi connectivity index (χ2v) is 10.1. The van der Waals surface area contributed by atoms with E-state index in [1.807, 2.05) is 0 Å². The van der Waals surface area contributed by atoms with Crippen molar-refractivity contribution in [3.8, 4) is 0 Å². The fourth-order valence-corrected chi connectivity index (χ4v) is 4.94. The highest BCUT2D eigenvalue weighted by Gasteiger charge is 2.36. The minimum Gasteiger partial charge on any atom is -0.268 e. The van der Waals surface area contributed by atoms with Crippen molar-refractivity contribution >= 4 is 25.6 Å². The average Bonchev–Trinajstić information content (AvgIpc) is 2.77. The van der Waals surface area contributed by atoms with Crippen LogP contribution in [0.2, 0.25) is 0 Å². The van der Waals surface area contributed by atoms with Crippen molar-refractivity contribution in [3.63, 3.8) is 0 Å². The van der Waals surface area contributed by atoms with Gasteiger partial charge in [-0.2, -0.15) is 0 Å². The largest absolute Gasteiger partial charge is 0.268 e. The molecule has 2 rings (SSSR count). The summed E-state index contributed by atoms with van der Waals surface area (Å²) in [5.41, 5.74) is 0.315. The Balaban J connectivity index is 2.28. The number of rotatable bonds is 4. The highest BCUT2D eigenvalue weighted by Crippen LogP contribution is 2.21. The first-order valence-electron chi connectivity index (χ1n) is 7.02. The van der Waals surface area contributed by atoms with Crippen LogP contribution in [0.25, 0.3) is 0 Å². The summed E-state index contributed by atoms with van der Waals surface area (Å²) < 4.78 is 46.3. The van der Waals surface area contributed by atoms with Crippen molar-refractivity contribution in [2.75, 3.05) is 31.9 Å². The summed E-state index contributed by atoms with van der Waals surface area (Å²) >= 11 is 0. The van der Waals surface area contributed by atoms with Crippen LogP contribution in [0.3, 0.4) is 0 Å². The molecule has 1 atom stereocenters. The number of carbonyl (C=O) groups is 1. The topological polar surface area (TPSA) is 91.8 Å². The number of hydrogen-bond donors (Lipinski definition) is 0. The summed E-state index contributed by atoms with van der Waals surface area (Å²) in [5, 5.41) is 2.98. The summed E-state index contributed by atoms with van der Waals surface area (Å²) in [6.45, 7) is 0. The molecular weight excluding hydrogens is 340 g/mol. The number of nitrogens with zero attached hydrogens (tertiary/aromatic N) is 2. The third-order valence-electron chi connectivity index (χ3n) is 3.72. The minimum absolute atomic E-state index is 0.0572. The molecule has 1 aliphatic rings. The zero-order chi connectivity index (χ0) is 17.4. The van der Waals surface area contributed by atoms with E-state index >= 15 is 0 Å². The van der Waals surface area contributed by atoms with E-state index in [-0.39, 0.29) is 22.3 Å². The summed E-state index contributed by atoms with van der Waals surface area (Å²) in [6.07, 6.45) is 1.49. The Labute approximate surface area is 136 Å². The molecular formula is C14H20N2O5S2. The van der Waals surface area contributed by atoms with Crippen LogP contribution in [-0.4, -0.2) is 70.7 Å². The zero-order valence-corrected chi connectivity index (χ0v) is 14.9. The van der Waals surface area contributed by atoms with Gasteiger partial charge in [-0.3, -0.25) is 9.80 Å². The minimum atomic E-state index is -3.33. The smallest absolute Gasteiger partial charge is 0.268 e. The molecule has 1 saturated heterocycles. The first kappa shape index (κ1) is 17.9. The third-order valence-corrected chi connectivity index (χ3v) is 6.60. The van der Waals surface area contributed by atoms with E-state index in [0.29, 0.717) is 12.0 Å². The lowest BCUT2D eigenvalue weighted by molar-refractivity contribution is 0.00100. The van der Waals surface area contributed by atoms with Gasteiger partial charge in [0.2, 0.25) is 0 Å². The maximum atomic E-state index is 12.7. The average molecular weight is 360 g/mol. The van der Waals surface area contributed by atoms with E-state index in [2.05, 4.69) is 0 Å². The quantitative estimate of drug-likeness (QED) is 0.712. The molecule has 0 aromatic heterocycles. The zero-order valence-electron chi connectivity index (χ0n) is 13.3. The highest BCUT2D eigenvalue weighted by molar-refractivity contribution is 7.91. The fraction of sp³-hybridized carbons (Fsp3) is 0.500. The Morgan fingerprint density at radius 3 is 2.13 bits per heavy atom. The van der Waals surface area contributed by atoms with Crippen LogP contribution in [0.4, 0.5) is 0 Å².